The maximum Gasteiger partial charge on any atom is 0.303 e. The van der Waals surface area contributed by atoms with Crippen molar-refractivity contribution in [3.8, 4) is 0 Å². The van der Waals surface area contributed by atoms with Gasteiger partial charge in [-0.05, 0) is 19.4 Å². The zero-order valence-corrected chi connectivity index (χ0v) is 8.61. The highest BCUT2D eigenvalue weighted by atomic mass is 16.4. The molecule has 0 bridgehead atoms. The van der Waals surface area contributed by atoms with Crippen molar-refractivity contribution in [2.75, 3.05) is 13.1 Å². The summed E-state index contributed by atoms with van der Waals surface area (Å²) in [5.74, 6) is -2.15. The Kier molecular flexibility index (Phi) is 7.57. The van der Waals surface area contributed by atoms with Crippen LogP contribution in [0.1, 0.15) is 25.7 Å². The highest BCUT2D eigenvalue weighted by Crippen LogP contribution is 1.96. The third-order valence-corrected chi connectivity index (χ3v) is 1.89. The number of carboxylic acid groups (broad SMARTS) is 2. The molecular weight excluding hydrogens is 200 g/mol. The molecule has 0 saturated carbocycles. The molecule has 5 N–H and O–H groups in total. The second-order valence-corrected chi connectivity index (χ2v) is 3.39. The van der Waals surface area contributed by atoms with Crippen LogP contribution in [0.4, 0.5) is 0 Å². The molecular formula is C9H18N2O4. The summed E-state index contributed by atoms with van der Waals surface area (Å²) in [6.45, 7) is 2.17. The Labute approximate surface area is 88.5 Å². The van der Waals surface area contributed by atoms with E-state index in [0.717, 1.165) is 13.1 Å². The number of hydrogen-bond acceptors (Lipinski definition) is 4. The van der Waals surface area contributed by atoms with Gasteiger partial charge in [0.1, 0.15) is 0 Å². The Morgan fingerprint density at radius 3 is 2.00 bits per heavy atom. The van der Waals surface area contributed by atoms with Gasteiger partial charge in [0.25, 0.3) is 0 Å². The van der Waals surface area contributed by atoms with Gasteiger partial charge in [0.05, 0.1) is 12.8 Å². The summed E-state index contributed by atoms with van der Waals surface area (Å²) < 4.78 is 0. The molecule has 1 aliphatic heterocycles. The topological polar surface area (TPSA) is 113 Å². The summed E-state index contributed by atoms with van der Waals surface area (Å²) in [4.78, 5) is 19.3. The van der Waals surface area contributed by atoms with Gasteiger partial charge in [0.15, 0.2) is 0 Å². The highest BCUT2D eigenvalue weighted by molar-refractivity contribution is 5.75. The molecule has 0 aromatic heterocycles. The summed E-state index contributed by atoms with van der Waals surface area (Å²) >= 11 is 0. The summed E-state index contributed by atoms with van der Waals surface area (Å²) in [6.07, 6.45) is 1.86. The average Bonchev–Trinajstić information content (AvgIpc) is 2.17. The smallest absolute Gasteiger partial charge is 0.303 e. The van der Waals surface area contributed by atoms with Gasteiger partial charge in [-0.15, -0.1) is 0 Å². The highest BCUT2D eigenvalue weighted by Gasteiger charge is 2.05. The van der Waals surface area contributed by atoms with E-state index in [1.807, 2.05) is 0 Å². The molecule has 1 aliphatic rings. The quantitative estimate of drug-likeness (QED) is 0.514. The largest absolute Gasteiger partial charge is 0.481 e. The van der Waals surface area contributed by atoms with Crippen molar-refractivity contribution in [2.45, 2.75) is 31.7 Å². The molecule has 1 atom stereocenters. The van der Waals surface area contributed by atoms with E-state index in [1.165, 1.54) is 12.8 Å². The Bertz CT molecular complexity index is 188. The lowest BCUT2D eigenvalue weighted by atomic mass is 10.1. The van der Waals surface area contributed by atoms with E-state index in [9.17, 15) is 9.59 Å². The normalized spacial score (nSPS) is 19.9. The van der Waals surface area contributed by atoms with Gasteiger partial charge in [-0.25, -0.2) is 0 Å². The first-order valence-electron chi connectivity index (χ1n) is 4.92. The van der Waals surface area contributed by atoms with Crippen molar-refractivity contribution in [3.63, 3.8) is 0 Å². The first kappa shape index (κ1) is 13.9. The monoisotopic (exact) mass is 218 g/mol. The first-order valence-corrected chi connectivity index (χ1v) is 4.92. The maximum atomic E-state index is 9.64. The van der Waals surface area contributed by atoms with Crippen molar-refractivity contribution >= 4 is 11.9 Å². The van der Waals surface area contributed by atoms with Crippen LogP contribution in [0.15, 0.2) is 0 Å². The molecule has 6 nitrogen and oxygen atoms in total. The maximum absolute atomic E-state index is 9.64. The van der Waals surface area contributed by atoms with E-state index in [2.05, 4.69) is 5.32 Å². The van der Waals surface area contributed by atoms with E-state index < -0.39 is 11.9 Å². The number of rotatable bonds is 3. The van der Waals surface area contributed by atoms with E-state index >= 15 is 0 Å². The Morgan fingerprint density at radius 1 is 1.27 bits per heavy atom. The number of piperidine rings is 1. The first-order chi connectivity index (χ1) is 7.02. The van der Waals surface area contributed by atoms with Gasteiger partial charge < -0.3 is 21.3 Å². The molecule has 88 valence electrons. The van der Waals surface area contributed by atoms with Crippen LogP contribution in [-0.2, 0) is 9.59 Å². The molecule has 0 amide bonds. The lowest BCUT2D eigenvalue weighted by Crippen LogP contribution is -2.39. The van der Waals surface area contributed by atoms with Crippen LogP contribution in [0.2, 0.25) is 0 Å². The fourth-order valence-electron chi connectivity index (χ4n) is 1.09. The van der Waals surface area contributed by atoms with Crippen molar-refractivity contribution in [1.82, 2.24) is 5.32 Å². The Morgan fingerprint density at radius 2 is 1.80 bits per heavy atom. The number of nitrogens with two attached hydrogens (primary N) is 1. The zero-order valence-electron chi connectivity index (χ0n) is 8.61. The molecule has 0 unspecified atom stereocenters. The molecule has 0 aliphatic carbocycles. The number of aliphatic carboxylic acids is 2. The Balaban J connectivity index is 0.000000262. The zero-order chi connectivity index (χ0) is 11.7. The standard InChI is InChI=1S/C5H12N2.C4H6O4/c6-5-2-1-3-7-4-5;5-3(6)1-2-4(7)8/h5,7H,1-4,6H2;1-2H2,(H,5,6)(H,7,8)/t5-;/m1./s1. The van der Waals surface area contributed by atoms with Gasteiger partial charge in [-0.1, -0.05) is 0 Å². The van der Waals surface area contributed by atoms with E-state index in [1.54, 1.807) is 0 Å². The fraction of sp³-hybridized carbons (Fsp3) is 0.778. The van der Waals surface area contributed by atoms with Crippen LogP contribution < -0.4 is 11.1 Å². The molecule has 6 heteroatoms. The summed E-state index contributed by atoms with van der Waals surface area (Å²) in [5.41, 5.74) is 5.57. The molecule has 1 saturated heterocycles. The number of nitrogens with one attached hydrogen (secondary N) is 1. The predicted octanol–water partition coefficient (Wildman–Crippen LogP) is -0.367. The van der Waals surface area contributed by atoms with Gasteiger partial charge in [0.2, 0.25) is 0 Å². The van der Waals surface area contributed by atoms with E-state index in [4.69, 9.17) is 15.9 Å². The molecule has 1 fully saturated rings. The molecule has 1 heterocycles. The van der Waals surface area contributed by atoms with Gasteiger partial charge in [0, 0.05) is 12.6 Å². The fourth-order valence-corrected chi connectivity index (χ4v) is 1.09. The van der Waals surface area contributed by atoms with Crippen molar-refractivity contribution in [3.05, 3.63) is 0 Å². The van der Waals surface area contributed by atoms with Crippen LogP contribution in [-0.4, -0.2) is 41.3 Å². The van der Waals surface area contributed by atoms with Crippen molar-refractivity contribution < 1.29 is 19.8 Å². The molecule has 0 radical (unpaired) electrons. The number of hydrogen-bond donors (Lipinski definition) is 4. The second-order valence-electron chi connectivity index (χ2n) is 3.39. The Hall–Kier alpha value is -1.14. The molecule has 15 heavy (non-hydrogen) atoms. The summed E-state index contributed by atoms with van der Waals surface area (Å²) in [5, 5.41) is 19.0. The van der Waals surface area contributed by atoms with Crippen LogP contribution in [0.25, 0.3) is 0 Å². The van der Waals surface area contributed by atoms with E-state index in [0.29, 0.717) is 6.04 Å². The molecule has 0 spiro atoms. The van der Waals surface area contributed by atoms with Crippen LogP contribution in [0.3, 0.4) is 0 Å². The summed E-state index contributed by atoms with van der Waals surface area (Å²) in [6, 6.07) is 0.425. The third-order valence-electron chi connectivity index (χ3n) is 1.89. The minimum atomic E-state index is -1.08. The minimum absolute atomic E-state index is 0.296. The molecule has 0 aromatic rings. The van der Waals surface area contributed by atoms with Gasteiger partial charge in [-0.2, -0.15) is 0 Å². The van der Waals surface area contributed by atoms with Crippen LogP contribution in [0, 0.1) is 0 Å². The SMILES string of the molecule is N[C@@H]1CCCNC1.O=C(O)CCC(=O)O. The minimum Gasteiger partial charge on any atom is -0.481 e. The third kappa shape index (κ3) is 10.8. The van der Waals surface area contributed by atoms with Gasteiger partial charge >= 0.3 is 11.9 Å². The lowest BCUT2D eigenvalue weighted by molar-refractivity contribution is -0.143. The van der Waals surface area contributed by atoms with Crippen LogP contribution >= 0.6 is 0 Å². The predicted molar refractivity (Wildman–Crippen MR) is 54.6 cm³/mol. The molecule has 0 aromatic carbocycles. The summed E-state index contributed by atoms with van der Waals surface area (Å²) in [7, 11) is 0. The van der Waals surface area contributed by atoms with E-state index in [-0.39, 0.29) is 12.8 Å². The number of carboxylic acids is 2. The molecule has 1 rings (SSSR count). The second kappa shape index (κ2) is 8.19. The van der Waals surface area contributed by atoms with Gasteiger partial charge in [-0.3, -0.25) is 9.59 Å². The van der Waals surface area contributed by atoms with Crippen molar-refractivity contribution in [2.24, 2.45) is 5.73 Å². The van der Waals surface area contributed by atoms with Crippen molar-refractivity contribution in [1.29, 1.82) is 0 Å². The number of carbonyl (C=O) groups is 2. The lowest BCUT2D eigenvalue weighted by Gasteiger charge is -2.17. The average molecular weight is 218 g/mol. The van der Waals surface area contributed by atoms with Crippen LogP contribution in [0.5, 0.6) is 0 Å².